The van der Waals surface area contributed by atoms with Crippen LogP contribution in [0.4, 0.5) is 0 Å². The van der Waals surface area contributed by atoms with Crippen molar-refractivity contribution in [2.75, 3.05) is 0 Å². The first-order chi connectivity index (χ1) is 2.56. The number of halogens is 1. The summed E-state index contributed by atoms with van der Waals surface area (Å²) < 4.78 is 31.1. The van der Waals surface area contributed by atoms with Crippen molar-refractivity contribution in [3.63, 3.8) is 0 Å². The predicted molar refractivity (Wildman–Crippen MR) is 1.08 cm³/mol. The van der Waals surface area contributed by atoms with Gasteiger partial charge in [0.05, 0.1) is 0 Å². The van der Waals surface area contributed by atoms with Gasteiger partial charge in [-0.25, -0.2) is 0 Å². The fourth-order valence-corrected chi connectivity index (χ4v) is 0. The molecule has 0 saturated heterocycles. The van der Waals surface area contributed by atoms with Crippen LogP contribution in [0.15, 0.2) is 0 Å². The van der Waals surface area contributed by atoms with E-state index in [1.54, 1.807) is 0 Å². The molecule has 0 bridgehead atoms. The summed E-state index contributed by atoms with van der Waals surface area (Å²) in [6, 6.07) is 0. The molecule has 0 aliphatic heterocycles. The van der Waals surface area contributed by atoms with Crippen molar-refractivity contribution < 1.29 is 53.4 Å². The third kappa shape index (κ3) is 5.31. The second kappa shape index (κ2) is 2.58. The minimum atomic E-state index is -5.31. The van der Waals surface area contributed by atoms with E-state index < -0.39 is 20.1 Å². The summed E-state index contributed by atoms with van der Waals surface area (Å²) in [5, 5.41) is 0. The van der Waals surface area contributed by atoms with Crippen LogP contribution in [-0.4, -0.2) is 0 Å². The van der Waals surface area contributed by atoms with Crippen LogP contribution >= 0.6 is 0 Å². The molecule has 0 radical (unpaired) electrons. The van der Waals surface area contributed by atoms with Crippen LogP contribution in [0.3, 0.4) is 0 Å². The SMILES string of the molecule is [O-][I+3]([O-])([O-])[O][Ag]. The summed E-state index contributed by atoms with van der Waals surface area (Å²) in [5.74, 6) is 0. The molecule has 0 aromatic heterocycles. The maximum absolute atomic E-state index is 9.27. The monoisotopic (exact) mass is 298 g/mol. The predicted octanol–water partition coefficient (Wildman–Crippen LogP) is -6.63. The maximum atomic E-state index is 9.27. The normalized spacial score (nSPS) is 12.2. The van der Waals surface area contributed by atoms with Gasteiger partial charge in [-0.15, -0.1) is 0 Å². The Balaban J connectivity index is 3.17. The third-order valence-electron chi connectivity index (χ3n) is 0.0570. The van der Waals surface area contributed by atoms with Crippen molar-refractivity contribution >= 4 is 0 Å². The molecule has 0 aromatic carbocycles. The standard InChI is InChI=1S/Ag.IO4/c;2-1(3,4)5/q+1;-1. The zero-order chi connectivity index (χ0) is 5.21. The Bertz CT molecular complexity index is 37.3. The van der Waals surface area contributed by atoms with Crippen LogP contribution in [0.2, 0.25) is 0 Å². The van der Waals surface area contributed by atoms with E-state index in [-0.39, 0.29) is 0 Å². The van der Waals surface area contributed by atoms with Gasteiger partial charge in [-0.1, -0.05) is 0 Å². The van der Waals surface area contributed by atoms with Gasteiger partial charge in [-0.05, 0) is 0 Å². The molecular formula is AgIO4. The first-order valence-electron chi connectivity index (χ1n) is 0.740. The minimum absolute atomic E-state index is 2.03. The molecule has 0 saturated carbocycles. The van der Waals surface area contributed by atoms with Crippen LogP contribution in [0.25, 0.3) is 0 Å². The van der Waals surface area contributed by atoms with E-state index in [2.05, 4.69) is 1.57 Å². The Labute approximate surface area is 53.2 Å². The Morgan fingerprint density at radius 3 is 1.50 bits per heavy atom. The summed E-state index contributed by atoms with van der Waals surface area (Å²) >= 11 is -3.28. The molecule has 6 heavy (non-hydrogen) atoms. The zero-order valence-corrected chi connectivity index (χ0v) is 5.95. The van der Waals surface area contributed by atoms with Crippen LogP contribution in [0.1, 0.15) is 0 Å². The molecule has 0 aromatic rings. The van der Waals surface area contributed by atoms with E-state index in [0.29, 0.717) is 0 Å². The average Bonchev–Trinajstić information content (AvgIpc) is 1.35. The van der Waals surface area contributed by atoms with Crippen molar-refractivity contribution in [2.24, 2.45) is 0 Å². The van der Waals surface area contributed by atoms with Crippen molar-refractivity contribution in [1.29, 1.82) is 0 Å². The summed E-state index contributed by atoms with van der Waals surface area (Å²) in [7, 11) is 0. The third-order valence-corrected chi connectivity index (χ3v) is 2.26. The Morgan fingerprint density at radius 1 is 1.33 bits per heavy atom. The Hall–Kier alpha value is 1.31. The average molecular weight is 299 g/mol. The summed E-state index contributed by atoms with van der Waals surface area (Å²) in [6.07, 6.45) is 0. The summed E-state index contributed by atoms with van der Waals surface area (Å²) in [4.78, 5) is 0. The van der Waals surface area contributed by atoms with E-state index in [1.807, 2.05) is 21.5 Å². The van der Waals surface area contributed by atoms with Gasteiger partial charge in [0.15, 0.2) is 0 Å². The molecule has 0 spiro atoms. The molecule has 0 unspecified atom stereocenters. The first kappa shape index (κ1) is 7.31. The molecule has 0 atom stereocenters. The van der Waals surface area contributed by atoms with Crippen LogP contribution in [0.5, 0.6) is 0 Å². The van der Waals surface area contributed by atoms with Gasteiger partial charge < -0.3 is 0 Å². The molecule has 42 valence electrons. The van der Waals surface area contributed by atoms with Crippen molar-refractivity contribution in [2.45, 2.75) is 0 Å². The molecular weight excluding hydrogens is 299 g/mol. The molecule has 0 amide bonds. The van der Waals surface area contributed by atoms with Crippen LogP contribution < -0.4 is 30.4 Å². The molecule has 0 heterocycles. The van der Waals surface area contributed by atoms with E-state index >= 15 is 0 Å². The molecule has 0 aliphatic rings. The fourth-order valence-electron chi connectivity index (χ4n) is 0. The second-order valence-electron chi connectivity index (χ2n) is 0.424. The van der Waals surface area contributed by atoms with Gasteiger partial charge in [0, 0.05) is 0 Å². The second-order valence-corrected chi connectivity index (χ2v) is 4.38. The fraction of sp³-hybridized carbons (Fsp3) is 0. The van der Waals surface area contributed by atoms with Gasteiger partial charge in [-0.2, -0.15) is 0 Å². The van der Waals surface area contributed by atoms with Gasteiger partial charge in [0.25, 0.3) is 0 Å². The van der Waals surface area contributed by atoms with Crippen molar-refractivity contribution in [3.05, 3.63) is 0 Å². The molecule has 6 heteroatoms. The number of rotatable bonds is 1. The molecule has 4 nitrogen and oxygen atoms in total. The van der Waals surface area contributed by atoms with E-state index in [0.717, 1.165) is 0 Å². The van der Waals surface area contributed by atoms with E-state index in [1.165, 1.54) is 0 Å². The van der Waals surface area contributed by atoms with E-state index in [4.69, 9.17) is 0 Å². The van der Waals surface area contributed by atoms with Crippen molar-refractivity contribution in [3.8, 4) is 0 Å². The molecule has 0 fully saturated rings. The number of hydrogen-bond donors (Lipinski definition) is 0. The first-order valence-corrected chi connectivity index (χ1v) is 4.87. The van der Waals surface area contributed by atoms with Crippen LogP contribution in [-0.2, 0) is 23.0 Å². The van der Waals surface area contributed by atoms with Crippen LogP contribution in [0, 0.1) is 0 Å². The Morgan fingerprint density at radius 2 is 1.50 bits per heavy atom. The zero-order valence-electron chi connectivity index (χ0n) is 2.31. The van der Waals surface area contributed by atoms with Gasteiger partial charge in [0.2, 0.25) is 0 Å². The summed E-state index contributed by atoms with van der Waals surface area (Å²) in [6.45, 7) is 0. The van der Waals surface area contributed by atoms with E-state index in [9.17, 15) is 10.3 Å². The summed E-state index contributed by atoms with van der Waals surface area (Å²) in [5.41, 5.74) is 0. The quantitative estimate of drug-likeness (QED) is 0.356. The molecule has 0 N–H and O–H groups in total. The van der Waals surface area contributed by atoms with Gasteiger partial charge >= 0.3 is 53.4 Å². The molecule has 0 aliphatic carbocycles. The van der Waals surface area contributed by atoms with Gasteiger partial charge in [-0.3, -0.25) is 0 Å². The topological polar surface area (TPSA) is 78.4 Å². The van der Waals surface area contributed by atoms with Crippen molar-refractivity contribution in [1.82, 2.24) is 0 Å². The number of hydrogen-bond acceptors (Lipinski definition) is 4. The Kier molecular flexibility index (Phi) is 3.14. The van der Waals surface area contributed by atoms with Gasteiger partial charge in [0.1, 0.15) is 0 Å². The molecule has 0 rings (SSSR count).